The van der Waals surface area contributed by atoms with Crippen LogP contribution in [0.25, 0.3) is 0 Å². The molecule has 0 atom stereocenters. The van der Waals surface area contributed by atoms with Gasteiger partial charge in [0.05, 0.1) is 0 Å². The van der Waals surface area contributed by atoms with Gasteiger partial charge in [-0.3, -0.25) is 0 Å². The van der Waals surface area contributed by atoms with Gasteiger partial charge in [-0.1, -0.05) is 48.9 Å². The Kier molecular flexibility index (Phi) is 8.38. The summed E-state index contributed by atoms with van der Waals surface area (Å²) in [6.45, 7) is 9.74. The molecule has 0 saturated heterocycles. The molecule has 0 saturated carbocycles. The summed E-state index contributed by atoms with van der Waals surface area (Å²) in [5.41, 5.74) is 0. The fraction of sp³-hybridized carbons (Fsp3) is 0.833. The van der Waals surface area contributed by atoms with Gasteiger partial charge in [0.1, 0.15) is 0 Å². The molecule has 90 valence electrons. The number of hydrogen-bond acceptors (Lipinski definition) is 1. The second kappa shape index (κ2) is 8.30. The molecule has 0 rings (SSSR count). The monoisotopic (exact) mass is 244 g/mol. The fourth-order valence-electron chi connectivity index (χ4n) is 1.83. The molecule has 0 aromatic rings. The van der Waals surface area contributed by atoms with Crippen LogP contribution in [0.3, 0.4) is 0 Å². The maximum atomic E-state index is 8.83. The lowest BCUT2D eigenvalue weighted by Gasteiger charge is -2.21. The predicted octanol–water partition coefficient (Wildman–Crippen LogP) is 2.98. The lowest BCUT2D eigenvalue weighted by molar-refractivity contribution is 0.294. The van der Waals surface area contributed by atoms with E-state index in [1.54, 1.807) is 5.20 Å². The largest absolute Gasteiger partial charge is 0.396 e. The average Bonchev–Trinajstić information content (AvgIpc) is 2.21. The lowest BCUT2D eigenvalue weighted by Crippen LogP contribution is -2.25. The van der Waals surface area contributed by atoms with Gasteiger partial charge in [-0.25, -0.2) is 0 Å². The number of rotatable bonds is 8. The third-order valence-electron chi connectivity index (χ3n) is 3.18. The molecule has 0 heterocycles. The first-order chi connectivity index (χ1) is 7.02. The number of aliphatic hydroxyl groups is 1. The Morgan fingerprint density at radius 3 is 2.40 bits per heavy atom. The highest BCUT2D eigenvalue weighted by atomic mass is 28.3. The Labute approximate surface area is 98.8 Å². The maximum absolute atomic E-state index is 8.83. The normalized spacial score (nSPS) is 14.1. The quantitative estimate of drug-likeness (QED) is 0.514. The summed E-state index contributed by atoms with van der Waals surface area (Å²) in [5.74, 6) is 0. The van der Waals surface area contributed by atoms with E-state index in [1.165, 1.54) is 24.6 Å². The second-order valence-electron chi connectivity index (χ2n) is 5.33. The predicted molar refractivity (Wildman–Crippen MR) is 76.2 cm³/mol. The number of allylic oxidation sites excluding steroid dienone is 2. The molecular formula is C12H28OSi2. The van der Waals surface area contributed by atoms with Crippen molar-refractivity contribution in [3.63, 3.8) is 0 Å². The highest BCUT2D eigenvalue weighted by Gasteiger charge is 2.18. The van der Waals surface area contributed by atoms with E-state index in [1.807, 2.05) is 0 Å². The molecule has 0 amide bonds. The van der Waals surface area contributed by atoms with Crippen molar-refractivity contribution in [1.29, 1.82) is 0 Å². The molecule has 1 N–H and O–H groups in total. The summed E-state index contributed by atoms with van der Waals surface area (Å²) in [6.07, 6.45) is 4.73. The standard InChI is InChI=1S/C12H28OSi2/c1-5-12(2)14-9-7-11-15(3,4)10-6-8-13/h5,13H,6-11,14H2,1-4H3. The van der Waals surface area contributed by atoms with Gasteiger partial charge < -0.3 is 5.11 Å². The molecule has 1 nitrogen and oxygen atoms in total. The Hall–Kier alpha value is 0.134. The van der Waals surface area contributed by atoms with Crippen LogP contribution in [-0.4, -0.2) is 29.3 Å². The Balaban J connectivity index is 3.56. The van der Waals surface area contributed by atoms with Crippen LogP contribution in [0.2, 0.25) is 31.2 Å². The minimum Gasteiger partial charge on any atom is -0.396 e. The van der Waals surface area contributed by atoms with Crippen molar-refractivity contribution in [2.24, 2.45) is 0 Å². The molecule has 0 fully saturated rings. The van der Waals surface area contributed by atoms with E-state index < -0.39 is 8.07 Å². The molecule has 0 radical (unpaired) electrons. The van der Waals surface area contributed by atoms with Crippen molar-refractivity contribution in [1.82, 2.24) is 0 Å². The lowest BCUT2D eigenvalue weighted by atomic mass is 10.5. The third kappa shape index (κ3) is 9.09. The van der Waals surface area contributed by atoms with Crippen LogP contribution in [0, 0.1) is 0 Å². The van der Waals surface area contributed by atoms with Gasteiger partial charge in [0.15, 0.2) is 0 Å². The van der Waals surface area contributed by atoms with Crippen molar-refractivity contribution in [2.45, 2.75) is 57.9 Å². The Morgan fingerprint density at radius 1 is 1.27 bits per heavy atom. The highest BCUT2D eigenvalue weighted by molar-refractivity contribution is 6.77. The molecule has 0 aliphatic heterocycles. The molecule has 0 aliphatic rings. The summed E-state index contributed by atoms with van der Waals surface area (Å²) in [6, 6.07) is 4.23. The van der Waals surface area contributed by atoms with Crippen molar-refractivity contribution in [3.8, 4) is 0 Å². The van der Waals surface area contributed by atoms with Crippen molar-refractivity contribution in [3.05, 3.63) is 11.3 Å². The zero-order valence-electron chi connectivity index (χ0n) is 11.0. The van der Waals surface area contributed by atoms with Crippen LogP contribution >= 0.6 is 0 Å². The van der Waals surface area contributed by atoms with Crippen LogP contribution in [0.5, 0.6) is 0 Å². The minimum absolute atomic E-state index is 0.0815. The fourth-order valence-corrected chi connectivity index (χ4v) is 6.25. The molecule has 0 unspecified atom stereocenters. The van der Waals surface area contributed by atoms with Crippen LogP contribution in [0.15, 0.2) is 11.3 Å². The van der Waals surface area contributed by atoms with Crippen LogP contribution in [0.4, 0.5) is 0 Å². The van der Waals surface area contributed by atoms with Crippen molar-refractivity contribution < 1.29 is 5.11 Å². The Bertz CT molecular complexity index is 188. The Morgan fingerprint density at radius 2 is 1.87 bits per heavy atom. The van der Waals surface area contributed by atoms with Gasteiger partial charge in [-0.2, -0.15) is 0 Å². The van der Waals surface area contributed by atoms with E-state index in [-0.39, 0.29) is 9.52 Å². The van der Waals surface area contributed by atoms with Gasteiger partial charge in [0, 0.05) is 24.2 Å². The van der Waals surface area contributed by atoms with E-state index in [4.69, 9.17) is 5.11 Å². The smallest absolute Gasteiger partial charge is 0.0487 e. The number of aliphatic hydroxyl groups excluding tert-OH is 1. The summed E-state index contributed by atoms with van der Waals surface area (Å²) in [4.78, 5) is 0. The van der Waals surface area contributed by atoms with E-state index in [0.717, 1.165) is 6.42 Å². The second-order valence-corrected chi connectivity index (χ2v) is 13.0. The minimum atomic E-state index is -0.964. The summed E-state index contributed by atoms with van der Waals surface area (Å²) in [7, 11) is -0.882. The first-order valence-corrected chi connectivity index (χ1v) is 11.4. The zero-order valence-corrected chi connectivity index (χ0v) is 13.4. The van der Waals surface area contributed by atoms with Gasteiger partial charge in [-0.05, 0) is 20.3 Å². The topological polar surface area (TPSA) is 20.2 Å². The molecule has 0 aromatic carbocycles. The van der Waals surface area contributed by atoms with Crippen molar-refractivity contribution in [2.75, 3.05) is 6.61 Å². The van der Waals surface area contributed by atoms with E-state index in [9.17, 15) is 0 Å². The third-order valence-corrected chi connectivity index (χ3v) is 8.64. The molecule has 3 heteroatoms. The molecular weight excluding hydrogens is 216 g/mol. The molecule has 0 spiro atoms. The molecule has 15 heavy (non-hydrogen) atoms. The van der Waals surface area contributed by atoms with Crippen LogP contribution in [-0.2, 0) is 0 Å². The zero-order chi connectivity index (χ0) is 11.7. The van der Waals surface area contributed by atoms with Gasteiger partial charge >= 0.3 is 0 Å². The SMILES string of the molecule is CC=C(C)[SiH2]CCC[Si](C)(C)CCCO. The molecule has 0 aliphatic carbocycles. The van der Waals surface area contributed by atoms with E-state index in [0.29, 0.717) is 6.61 Å². The number of hydrogen-bond donors (Lipinski definition) is 1. The first-order valence-electron chi connectivity index (χ1n) is 6.24. The van der Waals surface area contributed by atoms with Crippen LogP contribution in [0.1, 0.15) is 26.7 Å². The van der Waals surface area contributed by atoms with Crippen LogP contribution < -0.4 is 0 Å². The van der Waals surface area contributed by atoms with E-state index >= 15 is 0 Å². The first kappa shape index (κ1) is 15.1. The summed E-state index contributed by atoms with van der Waals surface area (Å²) in [5, 5.41) is 10.5. The summed E-state index contributed by atoms with van der Waals surface area (Å²) >= 11 is 0. The molecule has 0 bridgehead atoms. The van der Waals surface area contributed by atoms with Gasteiger partial charge in [0.2, 0.25) is 0 Å². The average molecular weight is 245 g/mol. The maximum Gasteiger partial charge on any atom is 0.0487 e. The molecule has 0 aromatic heterocycles. The summed E-state index contributed by atoms with van der Waals surface area (Å²) < 4.78 is 0. The van der Waals surface area contributed by atoms with Crippen molar-refractivity contribution >= 4 is 17.6 Å². The van der Waals surface area contributed by atoms with E-state index in [2.05, 4.69) is 33.0 Å². The van der Waals surface area contributed by atoms with Gasteiger partial charge in [-0.15, -0.1) is 0 Å². The van der Waals surface area contributed by atoms with Gasteiger partial charge in [0.25, 0.3) is 0 Å². The highest BCUT2D eigenvalue weighted by Crippen LogP contribution is 2.20.